The summed E-state index contributed by atoms with van der Waals surface area (Å²) < 4.78 is 1.68. The Morgan fingerprint density at radius 3 is 2.95 bits per heavy atom. The van der Waals surface area contributed by atoms with Crippen LogP contribution in [0.5, 0.6) is 0 Å². The number of rotatable bonds is 3. The highest BCUT2D eigenvalue weighted by atomic mass is 32.2. The van der Waals surface area contributed by atoms with Gasteiger partial charge in [0.25, 0.3) is 0 Å². The SMILES string of the molecule is Cc1c[s+](CCN2CCCC2)c2c1=CC1=CC(C)SC=21. The summed E-state index contributed by atoms with van der Waals surface area (Å²) in [5.74, 6) is 1.33. The van der Waals surface area contributed by atoms with Gasteiger partial charge in [-0.15, -0.1) is 11.8 Å². The predicted molar refractivity (Wildman–Crippen MR) is 91.6 cm³/mol. The van der Waals surface area contributed by atoms with Gasteiger partial charge in [-0.2, -0.15) is 0 Å². The molecule has 3 aliphatic rings. The van der Waals surface area contributed by atoms with Gasteiger partial charge in [0.2, 0.25) is 0 Å². The van der Waals surface area contributed by atoms with Gasteiger partial charge in [-0.1, -0.05) is 6.08 Å². The van der Waals surface area contributed by atoms with Crippen molar-refractivity contribution in [2.75, 3.05) is 19.6 Å². The lowest BCUT2D eigenvalue weighted by atomic mass is 10.2. The van der Waals surface area contributed by atoms with Crippen LogP contribution < -0.4 is 9.75 Å². The molecule has 3 heteroatoms. The molecular formula is C17H22NS2+. The fraction of sp³-hybridized carbons (Fsp3) is 0.529. The van der Waals surface area contributed by atoms with Crippen LogP contribution in [-0.4, -0.2) is 29.8 Å². The van der Waals surface area contributed by atoms with Crippen LogP contribution in [-0.2, 0) is 5.75 Å². The third-order valence-electron chi connectivity index (χ3n) is 4.56. The van der Waals surface area contributed by atoms with Gasteiger partial charge in [0, 0.05) is 22.6 Å². The number of hydrogen-bond acceptors (Lipinski definition) is 2. The zero-order valence-corrected chi connectivity index (χ0v) is 13.9. The molecule has 0 aromatic carbocycles. The second kappa shape index (κ2) is 5.04. The summed E-state index contributed by atoms with van der Waals surface area (Å²) in [5, 5.41) is 4.76. The molecule has 2 atom stereocenters. The largest absolute Gasteiger partial charge is 0.298 e. The Morgan fingerprint density at radius 2 is 2.15 bits per heavy atom. The van der Waals surface area contributed by atoms with E-state index in [1.54, 1.807) is 14.7 Å². The van der Waals surface area contributed by atoms with E-state index >= 15 is 0 Å². The van der Waals surface area contributed by atoms with Crippen molar-refractivity contribution in [1.82, 2.24) is 4.90 Å². The fourth-order valence-electron chi connectivity index (χ4n) is 3.54. The number of nitrogens with zero attached hydrogens (tertiary/aromatic N) is 1. The maximum absolute atomic E-state index is 2.65. The molecule has 1 fully saturated rings. The molecular weight excluding hydrogens is 282 g/mol. The zero-order valence-electron chi connectivity index (χ0n) is 12.3. The molecule has 106 valence electrons. The number of thiophene rings is 1. The molecule has 0 amide bonds. The molecule has 0 bridgehead atoms. The summed E-state index contributed by atoms with van der Waals surface area (Å²) >= 11 is 2.07. The van der Waals surface area contributed by atoms with E-state index in [9.17, 15) is 0 Å². The van der Waals surface area contributed by atoms with Crippen molar-refractivity contribution in [2.24, 2.45) is 0 Å². The Hall–Kier alpha value is -0.510. The molecule has 0 spiro atoms. The third kappa shape index (κ3) is 2.11. The van der Waals surface area contributed by atoms with Crippen molar-refractivity contribution in [3.8, 4) is 0 Å². The topological polar surface area (TPSA) is 3.24 Å². The summed E-state index contributed by atoms with van der Waals surface area (Å²) in [5.41, 5.74) is 3.03. The molecule has 2 unspecified atom stereocenters. The molecule has 3 heterocycles. The van der Waals surface area contributed by atoms with Gasteiger partial charge in [-0.3, -0.25) is 4.90 Å². The van der Waals surface area contributed by atoms with Crippen LogP contribution >= 0.6 is 22.2 Å². The molecule has 1 aliphatic carbocycles. The first-order valence-corrected chi connectivity index (χ1v) is 10.0. The third-order valence-corrected chi connectivity index (χ3v) is 8.08. The van der Waals surface area contributed by atoms with Crippen LogP contribution in [0.15, 0.2) is 17.0 Å². The smallest absolute Gasteiger partial charge is 0.195 e. The van der Waals surface area contributed by atoms with Gasteiger partial charge in [0.1, 0.15) is 11.1 Å². The Bertz CT molecular complexity index is 689. The first-order valence-electron chi connectivity index (χ1n) is 7.68. The van der Waals surface area contributed by atoms with Crippen LogP contribution in [0.1, 0.15) is 25.3 Å². The predicted octanol–water partition coefficient (Wildman–Crippen LogP) is 2.80. The Labute approximate surface area is 128 Å². The Balaban J connectivity index is 1.68. The molecule has 0 radical (unpaired) electrons. The molecule has 0 N–H and O–H groups in total. The van der Waals surface area contributed by atoms with Crippen molar-refractivity contribution in [2.45, 2.75) is 37.7 Å². The minimum atomic E-state index is 0.362. The lowest BCUT2D eigenvalue weighted by Crippen LogP contribution is -2.24. The van der Waals surface area contributed by atoms with Gasteiger partial charge < -0.3 is 0 Å². The highest BCUT2D eigenvalue weighted by Crippen LogP contribution is 2.40. The van der Waals surface area contributed by atoms with Crippen LogP contribution in [0.2, 0.25) is 0 Å². The second-order valence-corrected chi connectivity index (χ2v) is 9.44. The number of fused-ring (bicyclic) bond motifs is 2. The lowest BCUT2D eigenvalue weighted by molar-refractivity contribution is 0.352. The molecule has 20 heavy (non-hydrogen) atoms. The van der Waals surface area contributed by atoms with E-state index in [1.165, 1.54) is 49.4 Å². The zero-order chi connectivity index (χ0) is 13.7. The van der Waals surface area contributed by atoms with E-state index in [4.69, 9.17) is 0 Å². The number of hydrogen-bond donors (Lipinski definition) is 0. The highest BCUT2D eigenvalue weighted by molar-refractivity contribution is 8.09. The normalized spacial score (nSPS) is 25.7. The van der Waals surface area contributed by atoms with Gasteiger partial charge in [0.05, 0.1) is 4.91 Å². The number of thioether (sulfide) groups is 1. The summed E-state index contributed by atoms with van der Waals surface area (Å²) in [7, 11) is 0.362. The van der Waals surface area contributed by atoms with E-state index in [0.717, 1.165) is 0 Å². The van der Waals surface area contributed by atoms with E-state index < -0.39 is 0 Å². The number of aryl methyl sites for hydroxylation is 1. The van der Waals surface area contributed by atoms with E-state index in [-0.39, 0.29) is 0 Å². The summed E-state index contributed by atoms with van der Waals surface area (Å²) in [6.45, 7) is 8.55. The summed E-state index contributed by atoms with van der Waals surface area (Å²) in [6, 6.07) is 0. The van der Waals surface area contributed by atoms with Gasteiger partial charge in [0.15, 0.2) is 4.53 Å². The first kappa shape index (κ1) is 13.2. The van der Waals surface area contributed by atoms with E-state index in [2.05, 4.69) is 48.0 Å². The maximum atomic E-state index is 2.65. The Kier molecular flexibility index (Phi) is 3.32. The van der Waals surface area contributed by atoms with Crippen LogP contribution in [0.3, 0.4) is 0 Å². The van der Waals surface area contributed by atoms with Gasteiger partial charge in [-0.25, -0.2) is 0 Å². The van der Waals surface area contributed by atoms with Crippen molar-refractivity contribution in [1.29, 1.82) is 0 Å². The monoisotopic (exact) mass is 304 g/mol. The lowest BCUT2D eigenvalue weighted by Gasteiger charge is -2.10. The van der Waals surface area contributed by atoms with Crippen LogP contribution in [0, 0.1) is 6.92 Å². The van der Waals surface area contributed by atoms with Crippen molar-refractivity contribution < 1.29 is 0 Å². The van der Waals surface area contributed by atoms with Crippen molar-refractivity contribution in [3.05, 3.63) is 32.3 Å². The minimum absolute atomic E-state index is 0.362. The fourth-order valence-corrected chi connectivity index (χ4v) is 7.38. The average Bonchev–Trinajstić information content (AvgIpc) is 3.11. The second-order valence-electron chi connectivity index (χ2n) is 6.14. The number of likely N-dealkylation sites (tertiary alicyclic amines) is 1. The average molecular weight is 305 g/mol. The van der Waals surface area contributed by atoms with Gasteiger partial charge >= 0.3 is 0 Å². The van der Waals surface area contributed by atoms with Crippen molar-refractivity contribution in [3.63, 3.8) is 0 Å². The molecule has 0 saturated carbocycles. The highest BCUT2D eigenvalue weighted by Gasteiger charge is 2.29. The van der Waals surface area contributed by atoms with E-state index in [0.29, 0.717) is 15.7 Å². The molecule has 1 saturated heterocycles. The molecule has 2 aliphatic heterocycles. The standard InChI is InChI=1S/C17H22NS2/c1-12-11-20(8-7-18-5-3-4-6-18)17-15(12)10-14-9-13(2)19-16(14)17/h9-11,13H,3-8H2,1-2H3/q+1. The van der Waals surface area contributed by atoms with Crippen LogP contribution in [0.4, 0.5) is 0 Å². The maximum Gasteiger partial charge on any atom is 0.195 e. The van der Waals surface area contributed by atoms with E-state index in [1.807, 2.05) is 0 Å². The summed E-state index contributed by atoms with van der Waals surface area (Å²) in [6.07, 6.45) is 7.69. The van der Waals surface area contributed by atoms with Gasteiger partial charge in [-0.05, 0) is 61.9 Å². The van der Waals surface area contributed by atoms with Crippen molar-refractivity contribution >= 4 is 33.2 Å². The van der Waals surface area contributed by atoms with Crippen LogP contribution in [0.25, 0.3) is 11.0 Å². The molecule has 4 rings (SSSR count). The first-order chi connectivity index (χ1) is 9.72. The minimum Gasteiger partial charge on any atom is -0.298 e. The summed E-state index contributed by atoms with van der Waals surface area (Å²) in [4.78, 5) is 4.25. The quantitative estimate of drug-likeness (QED) is 0.790. The molecule has 1 aromatic heterocycles. The Morgan fingerprint density at radius 1 is 1.35 bits per heavy atom. The molecule has 1 nitrogen and oxygen atoms in total. The molecule has 1 aromatic rings.